The van der Waals surface area contributed by atoms with E-state index < -0.39 is 0 Å². The summed E-state index contributed by atoms with van der Waals surface area (Å²) in [4.78, 5) is 17.3. The number of carbonyl (C=O) groups is 1. The number of nitrogens with zero attached hydrogens (tertiary/aromatic N) is 6. The van der Waals surface area contributed by atoms with Gasteiger partial charge in [-0.25, -0.2) is 4.52 Å². The van der Waals surface area contributed by atoms with Crippen molar-refractivity contribution in [3.05, 3.63) is 45.8 Å². The molecule has 0 bridgehead atoms. The molecule has 1 aliphatic heterocycles. The van der Waals surface area contributed by atoms with Crippen LogP contribution in [-0.4, -0.2) is 68.2 Å². The van der Waals surface area contributed by atoms with Crippen molar-refractivity contribution in [2.45, 2.75) is 27.2 Å². The molecule has 0 spiro atoms. The summed E-state index contributed by atoms with van der Waals surface area (Å²) in [6.07, 6.45) is 0.774. The maximum Gasteiger partial charge on any atom is 0.276 e. The van der Waals surface area contributed by atoms with Crippen molar-refractivity contribution in [3.8, 4) is 11.1 Å². The number of rotatable bonds is 4. The van der Waals surface area contributed by atoms with Gasteiger partial charge in [-0.1, -0.05) is 41.9 Å². The Labute approximate surface area is 178 Å². The minimum atomic E-state index is -0.0635. The lowest BCUT2D eigenvalue weighted by atomic mass is 10.0. The van der Waals surface area contributed by atoms with E-state index in [4.69, 9.17) is 5.10 Å². The van der Waals surface area contributed by atoms with E-state index in [2.05, 4.69) is 44.9 Å². The molecule has 0 aliphatic carbocycles. The van der Waals surface area contributed by atoms with E-state index in [1.54, 1.807) is 4.52 Å². The highest BCUT2D eigenvalue weighted by Crippen LogP contribution is 2.29. The van der Waals surface area contributed by atoms with Crippen molar-refractivity contribution in [2.24, 2.45) is 0 Å². The second-order valence-corrected chi connectivity index (χ2v) is 8.19. The number of benzene rings is 1. The molecular weight excluding hydrogens is 432 g/mol. The van der Waals surface area contributed by atoms with Crippen LogP contribution in [-0.2, 0) is 6.42 Å². The SMILES string of the molecule is CCc1nn2c(C)c(C(=O)N3CCN(CC)CC3)nnc2c1-c1ccc(Br)cc1. The van der Waals surface area contributed by atoms with Gasteiger partial charge >= 0.3 is 0 Å². The fraction of sp³-hybridized carbons (Fsp3) is 0.429. The highest BCUT2D eigenvalue weighted by molar-refractivity contribution is 9.10. The van der Waals surface area contributed by atoms with Crippen LogP contribution >= 0.6 is 15.9 Å². The molecule has 152 valence electrons. The number of piperazine rings is 1. The van der Waals surface area contributed by atoms with Crippen LogP contribution in [0.3, 0.4) is 0 Å². The summed E-state index contributed by atoms with van der Waals surface area (Å²) in [7, 11) is 0. The number of halogens is 1. The van der Waals surface area contributed by atoms with E-state index >= 15 is 0 Å². The molecule has 2 aromatic heterocycles. The molecule has 1 aliphatic rings. The van der Waals surface area contributed by atoms with Crippen molar-refractivity contribution in [1.29, 1.82) is 0 Å². The van der Waals surface area contributed by atoms with Gasteiger partial charge in [0, 0.05) is 30.7 Å². The molecular formula is C21H25BrN6O. The second kappa shape index (κ2) is 8.20. The third kappa shape index (κ3) is 3.67. The van der Waals surface area contributed by atoms with Crippen molar-refractivity contribution in [3.63, 3.8) is 0 Å². The highest BCUT2D eigenvalue weighted by Gasteiger charge is 2.26. The van der Waals surface area contributed by atoms with Gasteiger partial charge in [0.15, 0.2) is 11.3 Å². The maximum absolute atomic E-state index is 13.1. The smallest absolute Gasteiger partial charge is 0.276 e. The Kier molecular flexibility index (Phi) is 5.65. The average molecular weight is 457 g/mol. The molecule has 3 heterocycles. The van der Waals surface area contributed by atoms with Gasteiger partial charge in [-0.05, 0) is 37.6 Å². The Morgan fingerprint density at radius 1 is 1.07 bits per heavy atom. The Hall–Kier alpha value is -2.32. The van der Waals surface area contributed by atoms with Crippen molar-refractivity contribution < 1.29 is 4.79 Å². The van der Waals surface area contributed by atoms with Crippen LogP contribution in [0.4, 0.5) is 0 Å². The summed E-state index contributed by atoms with van der Waals surface area (Å²) < 4.78 is 2.80. The molecule has 4 rings (SSSR count). The molecule has 1 saturated heterocycles. The van der Waals surface area contributed by atoms with Gasteiger partial charge in [0.2, 0.25) is 0 Å². The van der Waals surface area contributed by atoms with Gasteiger partial charge in [0.1, 0.15) is 0 Å². The molecule has 0 N–H and O–H groups in total. The quantitative estimate of drug-likeness (QED) is 0.602. The second-order valence-electron chi connectivity index (χ2n) is 7.28. The van der Waals surface area contributed by atoms with Crippen LogP contribution in [0, 0.1) is 6.92 Å². The van der Waals surface area contributed by atoms with E-state index in [-0.39, 0.29) is 5.91 Å². The lowest BCUT2D eigenvalue weighted by Gasteiger charge is -2.33. The van der Waals surface area contributed by atoms with Gasteiger partial charge in [0.05, 0.1) is 17.0 Å². The Bertz CT molecular complexity index is 1040. The fourth-order valence-electron chi connectivity index (χ4n) is 3.82. The summed E-state index contributed by atoms with van der Waals surface area (Å²) in [6.45, 7) is 10.4. The highest BCUT2D eigenvalue weighted by atomic mass is 79.9. The van der Waals surface area contributed by atoms with Crippen LogP contribution in [0.25, 0.3) is 16.8 Å². The first-order valence-corrected chi connectivity index (χ1v) is 10.8. The largest absolute Gasteiger partial charge is 0.335 e. The number of likely N-dealkylation sites (N-methyl/N-ethyl adjacent to an activating group) is 1. The third-order valence-corrected chi connectivity index (χ3v) is 6.14. The van der Waals surface area contributed by atoms with Gasteiger partial charge in [-0.2, -0.15) is 5.10 Å². The van der Waals surface area contributed by atoms with Crippen LogP contribution < -0.4 is 0 Å². The first-order chi connectivity index (χ1) is 14.0. The summed E-state index contributed by atoms with van der Waals surface area (Å²) in [5.74, 6) is -0.0635. The van der Waals surface area contributed by atoms with E-state index in [0.717, 1.165) is 66.1 Å². The number of hydrogen-bond donors (Lipinski definition) is 0. The minimum absolute atomic E-state index is 0.0635. The van der Waals surface area contributed by atoms with Gasteiger partial charge in [0.25, 0.3) is 5.91 Å². The molecule has 0 unspecified atom stereocenters. The van der Waals surface area contributed by atoms with E-state index in [1.807, 2.05) is 36.1 Å². The monoisotopic (exact) mass is 456 g/mol. The molecule has 1 amide bonds. The summed E-state index contributed by atoms with van der Waals surface area (Å²) in [6, 6.07) is 8.10. The predicted octanol–water partition coefficient (Wildman–Crippen LogP) is 3.20. The summed E-state index contributed by atoms with van der Waals surface area (Å²) in [5.41, 5.74) is 4.78. The lowest BCUT2D eigenvalue weighted by Crippen LogP contribution is -2.48. The zero-order chi connectivity index (χ0) is 20.5. The van der Waals surface area contributed by atoms with E-state index in [1.165, 1.54) is 0 Å². The summed E-state index contributed by atoms with van der Waals surface area (Å²) in [5, 5.41) is 13.6. The number of carbonyl (C=O) groups excluding carboxylic acids is 1. The fourth-order valence-corrected chi connectivity index (χ4v) is 4.09. The predicted molar refractivity (Wildman–Crippen MR) is 116 cm³/mol. The molecule has 3 aromatic rings. The van der Waals surface area contributed by atoms with Gasteiger partial charge < -0.3 is 9.80 Å². The Morgan fingerprint density at radius 3 is 2.38 bits per heavy atom. The zero-order valence-electron chi connectivity index (χ0n) is 17.0. The van der Waals surface area contributed by atoms with Crippen molar-refractivity contribution >= 4 is 27.5 Å². The van der Waals surface area contributed by atoms with Crippen molar-refractivity contribution in [1.82, 2.24) is 29.6 Å². The standard InChI is InChI=1S/C21H25BrN6O/c1-4-17-18(15-6-8-16(22)9-7-15)20-24-23-19(14(3)28(20)25-17)21(29)27-12-10-26(5-2)11-13-27/h6-9H,4-5,10-13H2,1-3H3. The van der Waals surface area contributed by atoms with Crippen LogP contribution in [0.5, 0.6) is 0 Å². The van der Waals surface area contributed by atoms with Gasteiger partial charge in [-0.15, -0.1) is 10.2 Å². The maximum atomic E-state index is 13.1. The first kappa shape index (κ1) is 20.0. The molecule has 29 heavy (non-hydrogen) atoms. The molecule has 1 fully saturated rings. The minimum Gasteiger partial charge on any atom is -0.335 e. The first-order valence-electron chi connectivity index (χ1n) is 10.1. The number of amides is 1. The van der Waals surface area contributed by atoms with Crippen LogP contribution in [0.2, 0.25) is 0 Å². The summed E-state index contributed by atoms with van der Waals surface area (Å²) >= 11 is 3.48. The van der Waals surface area contributed by atoms with E-state index in [9.17, 15) is 4.79 Å². The van der Waals surface area contributed by atoms with Crippen molar-refractivity contribution in [2.75, 3.05) is 32.7 Å². The van der Waals surface area contributed by atoms with Crippen LogP contribution in [0.15, 0.2) is 28.7 Å². The molecule has 0 atom stereocenters. The van der Waals surface area contributed by atoms with Gasteiger partial charge in [-0.3, -0.25) is 4.79 Å². The average Bonchev–Trinajstić information content (AvgIpc) is 3.14. The molecule has 1 aromatic carbocycles. The topological polar surface area (TPSA) is 66.6 Å². The molecule has 8 heteroatoms. The Morgan fingerprint density at radius 2 is 1.76 bits per heavy atom. The number of aromatic nitrogens is 4. The number of hydrogen-bond acceptors (Lipinski definition) is 5. The lowest BCUT2D eigenvalue weighted by molar-refractivity contribution is 0.0634. The van der Waals surface area contributed by atoms with Crippen LogP contribution in [0.1, 0.15) is 35.7 Å². The molecule has 7 nitrogen and oxygen atoms in total. The third-order valence-electron chi connectivity index (χ3n) is 5.62. The number of aryl methyl sites for hydroxylation is 2. The zero-order valence-corrected chi connectivity index (χ0v) is 18.6. The van der Waals surface area contributed by atoms with E-state index in [0.29, 0.717) is 11.3 Å². The Balaban J connectivity index is 1.73. The molecule has 0 radical (unpaired) electrons. The number of fused-ring (bicyclic) bond motifs is 1. The normalized spacial score (nSPS) is 15.2. The molecule has 0 saturated carbocycles.